The summed E-state index contributed by atoms with van der Waals surface area (Å²) < 4.78 is 23.2. The molecule has 0 saturated heterocycles. The van der Waals surface area contributed by atoms with Crippen molar-refractivity contribution in [3.05, 3.63) is 66.6 Å². The molecule has 0 spiro atoms. The lowest BCUT2D eigenvalue weighted by Crippen LogP contribution is -2.15. The molecule has 176 valence electrons. The maximum Gasteiger partial charge on any atom is 0.234 e. The molecular weight excluding hydrogens is 456 g/mol. The molecule has 0 aliphatic carbocycles. The number of methoxy groups -OCH3 is 3. The van der Waals surface area contributed by atoms with Gasteiger partial charge in [0, 0.05) is 29.4 Å². The van der Waals surface area contributed by atoms with Crippen molar-refractivity contribution in [2.75, 3.05) is 32.4 Å². The predicted octanol–water partition coefficient (Wildman–Crippen LogP) is 4.34. The van der Waals surface area contributed by atoms with E-state index in [0.29, 0.717) is 34.7 Å². The van der Waals surface area contributed by atoms with Crippen LogP contribution in [-0.4, -0.2) is 47.8 Å². The first kappa shape index (κ1) is 23.2. The molecule has 0 unspecified atom stereocenters. The molecule has 9 nitrogen and oxygen atoms in total. The zero-order valence-electron chi connectivity index (χ0n) is 19.0. The van der Waals surface area contributed by atoms with Crippen LogP contribution in [0.25, 0.3) is 11.4 Å². The van der Waals surface area contributed by atoms with Crippen molar-refractivity contribution in [1.82, 2.24) is 14.8 Å². The lowest BCUT2D eigenvalue weighted by atomic mass is 10.2. The highest BCUT2D eigenvalue weighted by Crippen LogP contribution is 2.28. The summed E-state index contributed by atoms with van der Waals surface area (Å²) in [6.45, 7) is 0.429. The van der Waals surface area contributed by atoms with E-state index in [-0.39, 0.29) is 11.7 Å². The molecule has 0 aliphatic rings. The Kier molecular flexibility index (Phi) is 7.38. The quantitative estimate of drug-likeness (QED) is 0.335. The van der Waals surface area contributed by atoms with Gasteiger partial charge in [-0.3, -0.25) is 9.36 Å². The highest BCUT2D eigenvalue weighted by Gasteiger charge is 2.17. The van der Waals surface area contributed by atoms with Crippen molar-refractivity contribution in [3.8, 4) is 28.6 Å². The molecule has 2 heterocycles. The Morgan fingerprint density at radius 3 is 2.29 bits per heavy atom. The van der Waals surface area contributed by atoms with Crippen LogP contribution in [0.15, 0.2) is 70.4 Å². The molecule has 0 fully saturated rings. The van der Waals surface area contributed by atoms with Crippen LogP contribution >= 0.6 is 11.8 Å². The van der Waals surface area contributed by atoms with E-state index in [1.807, 2.05) is 41.0 Å². The zero-order valence-corrected chi connectivity index (χ0v) is 19.8. The summed E-state index contributed by atoms with van der Waals surface area (Å²) in [5.74, 6) is 3.29. The number of nitrogens with zero attached hydrogens (tertiary/aromatic N) is 3. The molecule has 10 heteroatoms. The minimum atomic E-state index is -0.196. The number of nitrogens with one attached hydrogen (secondary N) is 1. The summed E-state index contributed by atoms with van der Waals surface area (Å²) in [7, 11) is 4.74. The lowest BCUT2D eigenvalue weighted by Gasteiger charge is -2.11. The first-order valence-electron chi connectivity index (χ1n) is 10.4. The second-order valence-electron chi connectivity index (χ2n) is 7.14. The van der Waals surface area contributed by atoms with Gasteiger partial charge in [-0.2, -0.15) is 0 Å². The van der Waals surface area contributed by atoms with E-state index >= 15 is 0 Å². The van der Waals surface area contributed by atoms with E-state index in [4.69, 9.17) is 18.6 Å². The van der Waals surface area contributed by atoms with Crippen molar-refractivity contribution < 1.29 is 23.4 Å². The van der Waals surface area contributed by atoms with Gasteiger partial charge in [0.15, 0.2) is 11.0 Å². The molecule has 2 aromatic carbocycles. The average molecular weight is 481 g/mol. The summed E-state index contributed by atoms with van der Waals surface area (Å²) in [6.07, 6.45) is 1.62. The molecule has 2 aromatic heterocycles. The fraction of sp³-hybridized carbons (Fsp3) is 0.208. The van der Waals surface area contributed by atoms with E-state index in [2.05, 4.69) is 15.5 Å². The van der Waals surface area contributed by atoms with Crippen molar-refractivity contribution in [1.29, 1.82) is 0 Å². The number of furan rings is 1. The molecule has 0 atom stereocenters. The van der Waals surface area contributed by atoms with Gasteiger partial charge in [-0.15, -0.1) is 10.2 Å². The first-order valence-corrected chi connectivity index (χ1v) is 11.3. The SMILES string of the molecule is COc1ccc(-c2nnc(SCC(=O)Nc3cc(OC)cc(OC)c3)n2Cc2ccco2)cc1. The van der Waals surface area contributed by atoms with Crippen molar-refractivity contribution in [2.45, 2.75) is 11.7 Å². The van der Waals surface area contributed by atoms with Crippen LogP contribution in [0.3, 0.4) is 0 Å². The Bertz CT molecular complexity index is 1220. The number of carbonyl (C=O) groups excluding carboxylic acids is 1. The number of carbonyl (C=O) groups is 1. The topological polar surface area (TPSA) is 101 Å². The van der Waals surface area contributed by atoms with E-state index in [0.717, 1.165) is 17.1 Å². The smallest absolute Gasteiger partial charge is 0.234 e. The van der Waals surface area contributed by atoms with Crippen LogP contribution in [0, 0.1) is 0 Å². The standard InChI is InChI=1S/C24H24N4O5S/c1-30-18-8-6-16(7-9-18)23-26-27-24(28(23)14-19-5-4-10-33-19)34-15-22(29)25-17-11-20(31-2)13-21(12-17)32-3/h4-13H,14-15H2,1-3H3,(H,25,29). The van der Waals surface area contributed by atoms with Crippen LogP contribution < -0.4 is 19.5 Å². The Balaban J connectivity index is 1.52. The van der Waals surface area contributed by atoms with Gasteiger partial charge in [-0.25, -0.2) is 0 Å². The van der Waals surface area contributed by atoms with Crippen molar-refractivity contribution in [3.63, 3.8) is 0 Å². The molecule has 0 aliphatic heterocycles. The lowest BCUT2D eigenvalue weighted by molar-refractivity contribution is -0.113. The van der Waals surface area contributed by atoms with Crippen LogP contribution in [0.4, 0.5) is 5.69 Å². The van der Waals surface area contributed by atoms with Crippen LogP contribution in [0.2, 0.25) is 0 Å². The number of hydrogen-bond acceptors (Lipinski definition) is 8. The predicted molar refractivity (Wildman–Crippen MR) is 129 cm³/mol. The number of ether oxygens (including phenoxy) is 3. The molecule has 0 bridgehead atoms. The fourth-order valence-electron chi connectivity index (χ4n) is 3.26. The summed E-state index contributed by atoms with van der Waals surface area (Å²) in [5.41, 5.74) is 1.46. The highest BCUT2D eigenvalue weighted by atomic mass is 32.2. The minimum Gasteiger partial charge on any atom is -0.497 e. The number of anilines is 1. The van der Waals surface area contributed by atoms with Gasteiger partial charge in [-0.05, 0) is 36.4 Å². The zero-order chi connectivity index (χ0) is 23.9. The Labute approximate surface area is 201 Å². The third kappa shape index (κ3) is 5.52. The van der Waals surface area contributed by atoms with E-state index in [9.17, 15) is 4.79 Å². The van der Waals surface area contributed by atoms with Crippen LogP contribution in [0.5, 0.6) is 17.2 Å². The summed E-state index contributed by atoms with van der Waals surface area (Å²) in [6, 6.07) is 16.5. The van der Waals surface area contributed by atoms with Crippen LogP contribution in [0.1, 0.15) is 5.76 Å². The van der Waals surface area contributed by atoms with Crippen molar-refractivity contribution in [2.24, 2.45) is 0 Å². The van der Waals surface area contributed by atoms with Gasteiger partial charge in [0.05, 0.1) is 39.9 Å². The van der Waals surface area contributed by atoms with Crippen LogP contribution in [-0.2, 0) is 11.3 Å². The molecule has 4 aromatic rings. The molecule has 34 heavy (non-hydrogen) atoms. The highest BCUT2D eigenvalue weighted by molar-refractivity contribution is 7.99. The largest absolute Gasteiger partial charge is 0.497 e. The molecule has 0 radical (unpaired) electrons. The molecular formula is C24H24N4O5S. The van der Waals surface area contributed by atoms with E-state index in [1.165, 1.54) is 11.8 Å². The summed E-state index contributed by atoms with van der Waals surface area (Å²) in [4.78, 5) is 12.7. The van der Waals surface area contributed by atoms with Gasteiger partial charge >= 0.3 is 0 Å². The second kappa shape index (κ2) is 10.8. The number of thioether (sulfide) groups is 1. The van der Waals surface area contributed by atoms with Gasteiger partial charge in [0.2, 0.25) is 5.91 Å². The van der Waals surface area contributed by atoms with Gasteiger partial charge in [-0.1, -0.05) is 11.8 Å². The van der Waals surface area contributed by atoms with E-state index < -0.39 is 0 Å². The maximum absolute atomic E-state index is 12.7. The number of hydrogen-bond donors (Lipinski definition) is 1. The first-order chi connectivity index (χ1) is 16.6. The number of benzene rings is 2. The van der Waals surface area contributed by atoms with E-state index in [1.54, 1.807) is 45.8 Å². The fourth-order valence-corrected chi connectivity index (χ4v) is 3.99. The normalized spacial score (nSPS) is 10.7. The number of amides is 1. The van der Waals surface area contributed by atoms with Gasteiger partial charge < -0.3 is 23.9 Å². The van der Waals surface area contributed by atoms with Gasteiger partial charge in [0.25, 0.3) is 0 Å². The number of aromatic nitrogens is 3. The second-order valence-corrected chi connectivity index (χ2v) is 8.08. The summed E-state index contributed by atoms with van der Waals surface area (Å²) in [5, 5.41) is 12.2. The minimum absolute atomic E-state index is 0.137. The monoisotopic (exact) mass is 480 g/mol. The Morgan fingerprint density at radius 2 is 1.68 bits per heavy atom. The molecule has 0 saturated carbocycles. The number of rotatable bonds is 10. The Hall–Kier alpha value is -3.92. The summed E-state index contributed by atoms with van der Waals surface area (Å²) >= 11 is 1.29. The third-order valence-corrected chi connectivity index (χ3v) is 5.89. The third-order valence-electron chi connectivity index (χ3n) is 4.93. The maximum atomic E-state index is 12.7. The Morgan fingerprint density at radius 1 is 0.971 bits per heavy atom. The van der Waals surface area contributed by atoms with Crippen molar-refractivity contribution >= 4 is 23.4 Å². The molecule has 1 N–H and O–H groups in total. The average Bonchev–Trinajstić information content (AvgIpc) is 3.53. The molecule has 1 amide bonds. The molecule has 4 rings (SSSR count). The van der Waals surface area contributed by atoms with Gasteiger partial charge in [0.1, 0.15) is 23.0 Å².